The van der Waals surface area contributed by atoms with Gasteiger partial charge < -0.3 is 26.1 Å². The third-order valence-electron chi connectivity index (χ3n) is 2.87. The lowest BCUT2D eigenvalue weighted by Gasteiger charge is -2.12. The number of nitrogens with one attached hydrogen (secondary N) is 3. The molecular weight excluding hydrogens is 344 g/mol. The minimum Gasteiger partial charge on any atom is -0.481 e. The lowest BCUT2D eigenvalue weighted by molar-refractivity contribution is -0.137. The number of fused-ring (bicyclic) bond motifs is 1. The minimum atomic E-state index is -1.01. The maximum absolute atomic E-state index is 11.9. The van der Waals surface area contributed by atoms with Crippen LogP contribution >= 0.6 is 15.9 Å². The van der Waals surface area contributed by atoms with Gasteiger partial charge in [0.1, 0.15) is 0 Å². The molecule has 1 atom stereocenters. The number of hydrogen-bond donors (Lipinski definition) is 5. The normalized spacial score (nSPS) is 12.3. The molecule has 0 saturated heterocycles. The van der Waals surface area contributed by atoms with Crippen LogP contribution in [-0.2, 0) is 9.59 Å². The largest absolute Gasteiger partial charge is 0.481 e. The van der Waals surface area contributed by atoms with E-state index < -0.39 is 17.9 Å². The number of rotatable bonds is 5. The number of halogens is 1. The van der Waals surface area contributed by atoms with Crippen LogP contribution in [0.1, 0.15) is 12.8 Å². The van der Waals surface area contributed by atoms with Crippen LogP contribution in [-0.4, -0.2) is 33.0 Å². The number of amides is 1. The van der Waals surface area contributed by atoms with Crippen molar-refractivity contribution in [3.63, 3.8) is 0 Å². The lowest BCUT2D eigenvalue weighted by atomic mass is 10.1. The van der Waals surface area contributed by atoms with Crippen molar-refractivity contribution in [2.24, 2.45) is 5.73 Å². The number of imidazole rings is 1. The zero-order valence-electron chi connectivity index (χ0n) is 10.8. The Kier molecular flexibility index (Phi) is 4.43. The van der Waals surface area contributed by atoms with Gasteiger partial charge >= 0.3 is 11.7 Å². The van der Waals surface area contributed by atoms with Gasteiger partial charge in [-0.05, 0) is 34.5 Å². The summed E-state index contributed by atoms with van der Waals surface area (Å²) >= 11 is 3.28. The molecule has 0 aliphatic rings. The number of carbonyl (C=O) groups is 2. The summed E-state index contributed by atoms with van der Waals surface area (Å²) in [6, 6.07) is 2.30. The van der Waals surface area contributed by atoms with E-state index in [2.05, 4.69) is 31.2 Å². The maximum atomic E-state index is 11.9. The molecule has 112 valence electrons. The average Bonchev–Trinajstić information content (AvgIpc) is 2.75. The molecular formula is C12H13BrN4O4. The molecule has 1 aromatic heterocycles. The first-order valence-electron chi connectivity index (χ1n) is 6.06. The molecule has 1 heterocycles. The van der Waals surface area contributed by atoms with Gasteiger partial charge in [-0.25, -0.2) is 4.79 Å². The summed E-state index contributed by atoms with van der Waals surface area (Å²) in [5, 5.41) is 11.2. The van der Waals surface area contributed by atoms with Crippen molar-refractivity contribution in [3.8, 4) is 0 Å². The van der Waals surface area contributed by atoms with Crippen LogP contribution in [0.2, 0.25) is 0 Å². The van der Waals surface area contributed by atoms with E-state index in [4.69, 9.17) is 10.8 Å². The monoisotopic (exact) mass is 356 g/mol. The SMILES string of the molecule is NC(CCC(=O)O)C(=O)Nc1cc2[nH]c(=O)[nH]c2cc1Br. The van der Waals surface area contributed by atoms with E-state index in [1.807, 2.05) is 0 Å². The zero-order chi connectivity index (χ0) is 15.6. The Morgan fingerprint density at radius 2 is 1.95 bits per heavy atom. The molecule has 1 unspecified atom stereocenters. The molecule has 1 amide bonds. The molecule has 0 saturated carbocycles. The predicted octanol–water partition coefficient (Wildman–Crippen LogP) is 0.749. The Bertz CT molecular complexity index is 751. The van der Waals surface area contributed by atoms with E-state index in [9.17, 15) is 14.4 Å². The first kappa shape index (κ1) is 15.3. The third kappa shape index (κ3) is 3.70. The van der Waals surface area contributed by atoms with Crippen LogP contribution in [0.15, 0.2) is 21.4 Å². The van der Waals surface area contributed by atoms with Crippen molar-refractivity contribution >= 4 is 44.5 Å². The zero-order valence-corrected chi connectivity index (χ0v) is 12.4. The standard InChI is InChI=1S/C12H13BrN4O4/c13-5-3-8-9(17-12(21)16-8)4-7(5)15-11(20)6(14)1-2-10(18)19/h3-4,6H,1-2,14H2,(H,15,20)(H,18,19)(H2,16,17,21). The minimum absolute atomic E-state index is 0.0437. The highest BCUT2D eigenvalue weighted by atomic mass is 79.9. The van der Waals surface area contributed by atoms with Crippen molar-refractivity contribution in [3.05, 3.63) is 27.1 Å². The lowest BCUT2D eigenvalue weighted by Crippen LogP contribution is -2.36. The van der Waals surface area contributed by atoms with Gasteiger partial charge in [0, 0.05) is 10.9 Å². The number of anilines is 1. The molecule has 0 fully saturated rings. The molecule has 1 aromatic carbocycles. The van der Waals surface area contributed by atoms with Crippen molar-refractivity contribution in [1.29, 1.82) is 0 Å². The number of carbonyl (C=O) groups excluding carboxylic acids is 1. The van der Waals surface area contributed by atoms with E-state index in [1.165, 1.54) is 0 Å². The molecule has 21 heavy (non-hydrogen) atoms. The van der Waals surface area contributed by atoms with E-state index in [0.717, 1.165) is 0 Å². The van der Waals surface area contributed by atoms with Gasteiger partial charge in [-0.15, -0.1) is 0 Å². The summed E-state index contributed by atoms with van der Waals surface area (Å²) in [4.78, 5) is 38.7. The second-order valence-corrected chi connectivity index (χ2v) is 5.34. The Hall–Kier alpha value is -2.13. The number of aromatic nitrogens is 2. The van der Waals surface area contributed by atoms with Gasteiger partial charge in [-0.3, -0.25) is 9.59 Å². The first-order chi connectivity index (χ1) is 9.86. The number of H-pyrrole nitrogens is 2. The van der Waals surface area contributed by atoms with Crippen LogP contribution in [0.4, 0.5) is 5.69 Å². The van der Waals surface area contributed by atoms with Gasteiger partial charge in [-0.1, -0.05) is 0 Å². The quantitative estimate of drug-likeness (QED) is 0.537. The maximum Gasteiger partial charge on any atom is 0.323 e. The van der Waals surface area contributed by atoms with Crippen molar-refractivity contribution in [1.82, 2.24) is 9.97 Å². The van der Waals surface area contributed by atoms with Crippen LogP contribution in [0.3, 0.4) is 0 Å². The number of carboxylic acids is 1. The third-order valence-corrected chi connectivity index (χ3v) is 3.52. The highest BCUT2D eigenvalue weighted by molar-refractivity contribution is 9.10. The van der Waals surface area contributed by atoms with Crippen molar-refractivity contribution in [2.75, 3.05) is 5.32 Å². The summed E-state index contributed by atoms with van der Waals surface area (Å²) in [6.45, 7) is 0. The Labute approximate surface area is 126 Å². The van der Waals surface area contributed by atoms with Crippen LogP contribution in [0.25, 0.3) is 11.0 Å². The van der Waals surface area contributed by atoms with E-state index in [0.29, 0.717) is 21.2 Å². The van der Waals surface area contributed by atoms with Gasteiger partial charge in [0.15, 0.2) is 0 Å². The summed E-state index contributed by atoms with van der Waals surface area (Å²) in [6.07, 6.45) is -0.137. The molecule has 0 aliphatic carbocycles. The number of carboxylic acid groups (broad SMARTS) is 1. The number of aromatic amines is 2. The highest BCUT2D eigenvalue weighted by Crippen LogP contribution is 2.26. The number of aliphatic carboxylic acids is 1. The van der Waals surface area contributed by atoms with E-state index in [1.54, 1.807) is 12.1 Å². The van der Waals surface area contributed by atoms with Gasteiger partial charge in [-0.2, -0.15) is 0 Å². The Balaban J connectivity index is 2.14. The van der Waals surface area contributed by atoms with E-state index in [-0.39, 0.29) is 18.5 Å². The fourth-order valence-electron chi connectivity index (χ4n) is 1.79. The second-order valence-electron chi connectivity index (χ2n) is 4.48. The van der Waals surface area contributed by atoms with Crippen LogP contribution in [0.5, 0.6) is 0 Å². The topological polar surface area (TPSA) is 141 Å². The van der Waals surface area contributed by atoms with Gasteiger partial charge in [0.2, 0.25) is 5.91 Å². The smallest absolute Gasteiger partial charge is 0.323 e. The van der Waals surface area contributed by atoms with Gasteiger partial charge in [0.05, 0.1) is 22.8 Å². The summed E-state index contributed by atoms with van der Waals surface area (Å²) < 4.78 is 0.573. The summed E-state index contributed by atoms with van der Waals surface area (Å²) in [7, 11) is 0. The molecule has 2 rings (SSSR count). The summed E-state index contributed by atoms with van der Waals surface area (Å²) in [5.74, 6) is -1.50. The fraction of sp³-hybridized carbons (Fsp3) is 0.250. The second kappa shape index (κ2) is 6.10. The average molecular weight is 357 g/mol. The number of benzene rings is 1. The molecule has 2 aromatic rings. The molecule has 8 nitrogen and oxygen atoms in total. The molecule has 0 bridgehead atoms. The molecule has 0 aliphatic heterocycles. The fourth-order valence-corrected chi connectivity index (χ4v) is 2.23. The molecule has 6 N–H and O–H groups in total. The van der Waals surface area contributed by atoms with Crippen LogP contribution < -0.4 is 16.7 Å². The predicted molar refractivity (Wildman–Crippen MR) is 80.1 cm³/mol. The van der Waals surface area contributed by atoms with Gasteiger partial charge in [0.25, 0.3) is 0 Å². The summed E-state index contributed by atoms with van der Waals surface area (Å²) in [5.41, 5.74) is 6.85. The Morgan fingerprint density at radius 1 is 1.33 bits per heavy atom. The first-order valence-corrected chi connectivity index (χ1v) is 6.86. The highest BCUT2D eigenvalue weighted by Gasteiger charge is 2.16. The number of hydrogen-bond acceptors (Lipinski definition) is 4. The van der Waals surface area contributed by atoms with E-state index >= 15 is 0 Å². The van der Waals surface area contributed by atoms with Crippen molar-refractivity contribution in [2.45, 2.75) is 18.9 Å². The Morgan fingerprint density at radius 3 is 2.57 bits per heavy atom. The number of nitrogens with two attached hydrogens (primary N) is 1. The molecule has 0 spiro atoms. The molecule has 9 heteroatoms. The van der Waals surface area contributed by atoms with Crippen molar-refractivity contribution < 1.29 is 14.7 Å². The molecule has 0 radical (unpaired) electrons. The van der Waals surface area contributed by atoms with Crippen LogP contribution in [0, 0.1) is 0 Å².